The fraction of sp³-hybridized carbons (Fsp3) is 0.278. The lowest BCUT2D eigenvalue weighted by molar-refractivity contribution is -0.117. The molecule has 27 heavy (non-hydrogen) atoms. The number of hydrogen-bond donors (Lipinski definition) is 0. The summed E-state index contributed by atoms with van der Waals surface area (Å²) in [6, 6.07) is 11.2. The van der Waals surface area contributed by atoms with Crippen LogP contribution in [0.1, 0.15) is 28.1 Å². The van der Waals surface area contributed by atoms with Crippen LogP contribution < -0.4 is 4.90 Å². The van der Waals surface area contributed by atoms with E-state index >= 15 is 0 Å². The van der Waals surface area contributed by atoms with Gasteiger partial charge in [0.2, 0.25) is 11.1 Å². The van der Waals surface area contributed by atoms with Crippen molar-refractivity contribution in [2.75, 3.05) is 17.2 Å². The summed E-state index contributed by atoms with van der Waals surface area (Å²) in [5.74, 6) is 0.402. The van der Waals surface area contributed by atoms with E-state index in [0.29, 0.717) is 23.7 Å². The Morgan fingerprint density at radius 3 is 2.78 bits per heavy atom. The van der Waals surface area contributed by atoms with Crippen LogP contribution in [0.4, 0.5) is 5.69 Å². The van der Waals surface area contributed by atoms with E-state index in [1.165, 1.54) is 11.8 Å². The number of nitrogens with zero attached hydrogens (tertiary/aromatic N) is 5. The first-order chi connectivity index (χ1) is 13.2. The maximum absolute atomic E-state index is 12.5. The normalized spacial score (nSPS) is 14.1. The molecule has 2 aromatic heterocycles. The first-order valence-electron chi connectivity index (χ1n) is 8.56. The fourth-order valence-corrected chi connectivity index (χ4v) is 4.37. The number of carbonyl (C=O) groups excluding carboxylic acids is 2. The number of aromatic nitrogens is 4. The number of tetrazole rings is 1. The Kier molecular flexibility index (Phi) is 5.30. The van der Waals surface area contributed by atoms with Gasteiger partial charge in [0.15, 0.2) is 5.78 Å². The SMILES string of the molecule is O=C(CSc1nnnn1Cc1cccs1)c1ccc(N2CCCC2=O)cc1. The van der Waals surface area contributed by atoms with Crippen LogP contribution in [0.2, 0.25) is 0 Å². The topological polar surface area (TPSA) is 81.0 Å². The minimum absolute atomic E-state index is 0.00460. The standard InChI is InChI=1S/C18H17N5O2S2/c24-16(13-5-7-14(8-6-13)22-9-1-4-17(22)25)12-27-18-19-20-21-23(18)11-15-3-2-10-26-15/h2-3,5-8,10H,1,4,9,11-12H2. The molecule has 1 saturated heterocycles. The molecule has 9 heteroatoms. The molecule has 3 aromatic rings. The van der Waals surface area contributed by atoms with Gasteiger partial charge in [0.25, 0.3) is 0 Å². The first kappa shape index (κ1) is 17.9. The van der Waals surface area contributed by atoms with Gasteiger partial charge in [-0.15, -0.1) is 16.4 Å². The summed E-state index contributed by atoms with van der Waals surface area (Å²) >= 11 is 2.97. The zero-order valence-corrected chi connectivity index (χ0v) is 16.1. The maximum atomic E-state index is 12.5. The predicted octanol–water partition coefficient (Wildman–Crippen LogP) is 2.88. The molecule has 0 radical (unpaired) electrons. The monoisotopic (exact) mass is 399 g/mol. The third kappa shape index (κ3) is 4.09. The highest BCUT2D eigenvalue weighted by Gasteiger charge is 2.21. The molecular formula is C18H17N5O2S2. The van der Waals surface area contributed by atoms with Crippen LogP contribution in [0.25, 0.3) is 0 Å². The molecule has 1 fully saturated rings. The average Bonchev–Trinajstić information content (AvgIpc) is 3.43. The van der Waals surface area contributed by atoms with Gasteiger partial charge < -0.3 is 4.90 Å². The highest BCUT2D eigenvalue weighted by atomic mass is 32.2. The van der Waals surface area contributed by atoms with Gasteiger partial charge in [-0.1, -0.05) is 17.8 Å². The smallest absolute Gasteiger partial charge is 0.227 e. The van der Waals surface area contributed by atoms with E-state index < -0.39 is 0 Å². The Hall–Kier alpha value is -2.52. The molecule has 3 heterocycles. The van der Waals surface area contributed by atoms with Gasteiger partial charge in [-0.3, -0.25) is 9.59 Å². The lowest BCUT2D eigenvalue weighted by Crippen LogP contribution is -2.23. The third-order valence-corrected chi connectivity index (χ3v) is 6.11. The average molecular weight is 400 g/mol. The summed E-state index contributed by atoms with van der Waals surface area (Å²) in [4.78, 5) is 27.2. The molecule has 1 aromatic carbocycles. The number of carbonyl (C=O) groups is 2. The van der Waals surface area contributed by atoms with E-state index in [-0.39, 0.29) is 17.4 Å². The minimum Gasteiger partial charge on any atom is -0.312 e. The fourth-order valence-electron chi connectivity index (χ4n) is 2.91. The van der Waals surface area contributed by atoms with Gasteiger partial charge in [-0.2, -0.15) is 0 Å². The van der Waals surface area contributed by atoms with Crippen molar-refractivity contribution in [1.82, 2.24) is 20.2 Å². The zero-order valence-electron chi connectivity index (χ0n) is 14.4. The predicted molar refractivity (Wildman–Crippen MR) is 104 cm³/mol. The number of thioether (sulfide) groups is 1. The highest BCUT2D eigenvalue weighted by molar-refractivity contribution is 7.99. The summed E-state index contributed by atoms with van der Waals surface area (Å²) in [6.07, 6.45) is 1.48. The van der Waals surface area contributed by atoms with Crippen molar-refractivity contribution in [3.63, 3.8) is 0 Å². The molecule has 0 aliphatic carbocycles. The lowest BCUT2D eigenvalue weighted by atomic mass is 10.1. The Morgan fingerprint density at radius 1 is 1.22 bits per heavy atom. The molecule has 7 nitrogen and oxygen atoms in total. The quantitative estimate of drug-likeness (QED) is 0.449. The van der Waals surface area contributed by atoms with E-state index in [4.69, 9.17) is 0 Å². The van der Waals surface area contributed by atoms with Crippen LogP contribution in [0.15, 0.2) is 46.9 Å². The number of ketones is 1. The van der Waals surface area contributed by atoms with Gasteiger partial charge in [0.05, 0.1) is 12.3 Å². The molecule has 0 spiro atoms. The number of anilines is 1. The second-order valence-corrected chi connectivity index (χ2v) is 8.08. The van der Waals surface area contributed by atoms with Crippen LogP contribution in [0.5, 0.6) is 0 Å². The van der Waals surface area contributed by atoms with Crippen molar-refractivity contribution in [2.24, 2.45) is 0 Å². The number of thiophene rings is 1. The Morgan fingerprint density at radius 2 is 2.07 bits per heavy atom. The first-order valence-corrected chi connectivity index (χ1v) is 10.4. The molecule has 0 unspecified atom stereocenters. The second-order valence-electron chi connectivity index (χ2n) is 6.11. The van der Waals surface area contributed by atoms with Gasteiger partial charge in [-0.05, 0) is 52.6 Å². The van der Waals surface area contributed by atoms with E-state index in [9.17, 15) is 9.59 Å². The summed E-state index contributed by atoms with van der Waals surface area (Å²) in [5, 5.41) is 14.4. The number of benzene rings is 1. The molecule has 1 aliphatic heterocycles. The number of amides is 1. The molecular weight excluding hydrogens is 382 g/mol. The van der Waals surface area contributed by atoms with Gasteiger partial charge in [0, 0.05) is 29.1 Å². The molecule has 0 N–H and O–H groups in total. The molecule has 1 aliphatic rings. The summed E-state index contributed by atoms with van der Waals surface area (Å²) in [5.41, 5.74) is 1.47. The number of hydrogen-bond acceptors (Lipinski definition) is 7. The van der Waals surface area contributed by atoms with Crippen LogP contribution in [-0.2, 0) is 11.3 Å². The second kappa shape index (κ2) is 8.01. The van der Waals surface area contributed by atoms with Gasteiger partial charge >= 0.3 is 0 Å². The van der Waals surface area contributed by atoms with Crippen molar-refractivity contribution in [2.45, 2.75) is 24.5 Å². The summed E-state index contributed by atoms with van der Waals surface area (Å²) in [6.45, 7) is 1.34. The molecule has 138 valence electrons. The number of Topliss-reactive ketones (excluding diaryl/α,β-unsaturated/α-hetero) is 1. The maximum Gasteiger partial charge on any atom is 0.227 e. The Balaban J connectivity index is 1.37. The van der Waals surface area contributed by atoms with Gasteiger partial charge in [-0.25, -0.2) is 4.68 Å². The van der Waals surface area contributed by atoms with Crippen molar-refractivity contribution < 1.29 is 9.59 Å². The molecule has 0 atom stereocenters. The zero-order chi connectivity index (χ0) is 18.6. The number of rotatable bonds is 7. The summed E-state index contributed by atoms with van der Waals surface area (Å²) < 4.78 is 1.70. The minimum atomic E-state index is 0.00460. The van der Waals surface area contributed by atoms with E-state index in [1.54, 1.807) is 33.1 Å². The highest BCUT2D eigenvalue weighted by Crippen LogP contribution is 2.23. The molecule has 0 saturated carbocycles. The molecule has 0 bridgehead atoms. The lowest BCUT2D eigenvalue weighted by Gasteiger charge is -2.15. The van der Waals surface area contributed by atoms with Crippen molar-refractivity contribution in [3.05, 3.63) is 52.2 Å². The van der Waals surface area contributed by atoms with Crippen LogP contribution in [-0.4, -0.2) is 44.2 Å². The van der Waals surface area contributed by atoms with Crippen LogP contribution >= 0.6 is 23.1 Å². The van der Waals surface area contributed by atoms with Crippen LogP contribution in [0.3, 0.4) is 0 Å². The molecule has 4 rings (SSSR count). The third-order valence-electron chi connectivity index (χ3n) is 4.29. The van der Waals surface area contributed by atoms with E-state index in [0.717, 1.165) is 23.5 Å². The van der Waals surface area contributed by atoms with Crippen molar-refractivity contribution >= 4 is 40.5 Å². The van der Waals surface area contributed by atoms with Gasteiger partial charge in [0.1, 0.15) is 0 Å². The van der Waals surface area contributed by atoms with E-state index in [1.807, 2.05) is 29.6 Å². The van der Waals surface area contributed by atoms with Crippen molar-refractivity contribution in [1.29, 1.82) is 0 Å². The van der Waals surface area contributed by atoms with Crippen molar-refractivity contribution in [3.8, 4) is 0 Å². The Labute approximate surface area is 164 Å². The Bertz CT molecular complexity index is 937. The summed E-state index contributed by atoms with van der Waals surface area (Å²) in [7, 11) is 0. The molecule has 1 amide bonds. The van der Waals surface area contributed by atoms with Crippen LogP contribution in [0, 0.1) is 0 Å². The largest absolute Gasteiger partial charge is 0.312 e. The van der Waals surface area contributed by atoms with E-state index in [2.05, 4.69) is 15.5 Å².